The van der Waals surface area contributed by atoms with Crippen molar-refractivity contribution in [3.8, 4) is 5.75 Å². The average Bonchev–Trinajstić information content (AvgIpc) is 3.36. The highest BCUT2D eigenvalue weighted by Gasteiger charge is 2.18. The molecule has 0 aliphatic carbocycles. The summed E-state index contributed by atoms with van der Waals surface area (Å²) >= 11 is 0. The summed E-state index contributed by atoms with van der Waals surface area (Å²) in [4.78, 5) is 13.5. The molecule has 0 saturated carbocycles. The fourth-order valence-electron chi connectivity index (χ4n) is 4.47. The monoisotopic (exact) mass is 517 g/mol. The zero-order valence-electron chi connectivity index (χ0n) is 21.5. The lowest BCUT2D eigenvalue weighted by Crippen LogP contribution is -2.38. The van der Waals surface area contributed by atoms with Gasteiger partial charge in [0.15, 0.2) is 0 Å². The molecule has 7 heteroatoms. The van der Waals surface area contributed by atoms with Crippen LogP contribution in [0.5, 0.6) is 5.75 Å². The third-order valence-corrected chi connectivity index (χ3v) is 7.85. The van der Waals surface area contributed by atoms with E-state index in [2.05, 4.69) is 28.8 Å². The Morgan fingerprint density at radius 3 is 2.57 bits per heavy atom. The van der Waals surface area contributed by atoms with Crippen molar-refractivity contribution in [2.75, 3.05) is 19.4 Å². The Balaban J connectivity index is 1.45. The molecule has 0 radical (unpaired) electrons. The molecule has 0 bridgehead atoms. The van der Waals surface area contributed by atoms with Gasteiger partial charge in [-0.15, -0.1) is 0 Å². The summed E-state index contributed by atoms with van der Waals surface area (Å²) in [6.07, 6.45) is 4.17. The van der Waals surface area contributed by atoms with Crippen molar-refractivity contribution in [2.24, 2.45) is 0 Å². The van der Waals surface area contributed by atoms with E-state index in [0.717, 1.165) is 54.6 Å². The molecular weight excluding hydrogens is 482 g/mol. The minimum absolute atomic E-state index is 0.0423. The van der Waals surface area contributed by atoms with Gasteiger partial charge in [-0.3, -0.25) is 8.77 Å². The number of rotatable bonds is 13. The van der Waals surface area contributed by atoms with Crippen LogP contribution in [0.4, 0.5) is 0 Å². The summed E-state index contributed by atoms with van der Waals surface area (Å²) in [7, 11) is 0.530. The topological polar surface area (TPSA) is 72.4 Å². The van der Waals surface area contributed by atoms with Gasteiger partial charge in [0, 0.05) is 35.5 Å². The Bertz CT molecular complexity index is 1340. The van der Waals surface area contributed by atoms with E-state index in [-0.39, 0.29) is 11.9 Å². The van der Waals surface area contributed by atoms with E-state index in [0.29, 0.717) is 11.3 Å². The van der Waals surface area contributed by atoms with Crippen LogP contribution in [0.1, 0.15) is 41.3 Å². The molecule has 0 saturated heterocycles. The maximum atomic E-state index is 13.5. The SMILES string of the molecule is CCCS(=O)n1ccc2c(C(=O)N[C@H](CCNCc3cccc(OC)c3)Cc3ccccc3)cccc21. The Kier molecular flexibility index (Phi) is 9.52. The van der Waals surface area contributed by atoms with Gasteiger partial charge in [0.05, 0.1) is 12.6 Å². The van der Waals surface area contributed by atoms with Crippen LogP contribution in [0.25, 0.3) is 10.9 Å². The molecule has 0 aliphatic heterocycles. The maximum absolute atomic E-state index is 13.5. The highest BCUT2D eigenvalue weighted by molar-refractivity contribution is 7.83. The first-order valence-electron chi connectivity index (χ1n) is 12.8. The van der Waals surface area contributed by atoms with Crippen LogP contribution in [0.2, 0.25) is 0 Å². The standard InChI is InChI=1S/C30H35N3O3S/c1-3-19-37(35)33-18-16-27-28(13-8-14-29(27)33)30(34)32-25(20-23-9-5-4-6-10-23)15-17-31-22-24-11-7-12-26(21-24)36-2/h4-14,16,18,21,25,31H,3,15,17,19-20,22H2,1-2H3,(H,32,34)/t25-,37?/m1/s1. The quantitative estimate of drug-likeness (QED) is 0.242. The normalized spacial score (nSPS) is 12.8. The Labute approximate surface area is 221 Å². The van der Waals surface area contributed by atoms with Crippen molar-refractivity contribution < 1.29 is 13.7 Å². The molecule has 0 spiro atoms. The van der Waals surface area contributed by atoms with E-state index in [4.69, 9.17) is 4.74 Å². The first-order valence-corrected chi connectivity index (χ1v) is 14.0. The minimum atomic E-state index is -1.14. The molecule has 2 atom stereocenters. The molecule has 1 amide bonds. The lowest BCUT2D eigenvalue weighted by atomic mass is 10.0. The molecule has 1 unspecified atom stereocenters. The summed E-state index contributed by atoms with van der Waals surface area (Å²) in [5.41, 5.74) is 3.76. The molecular formula is C30H35N3O3S. The number of carbonyl (C=O) groups excluding carboxylic acids is 1. The molecule has 0 aliphatic rings. The zero-order valence-corrected chi connectivity index (χ0v) is 22.3. The van der Waals surface area contributed by atoms with Crippen LogP contribution < -0.4 is 15.4 Å². The van der Waals surface area contributed by atoms with Crippen molar-refractivity contribution in [1.29, 1.82) is 0 Å². The third-order valence-electron chi connectivity index (χ3n) is 6.33. The Morgan fingerprint density at radius 1 is 1.00 bits per heavy atom. The van der Waals surface area contributed by atoms with Crippen LogP contribution >= 0.6 is 0 Å². The van der Waals surface area contributed by atoms with Crippen molar-refractivity contribution >= 4 is 27.8 Å². The number of nitrogens with zero attached hydrogens (tertiary/aromatic N) is 1. The summed E-state index contributed by atoms with van der Waals surface area (Å²) in [5.74, 6) is 1.32. The predicted octanol–water partition coefficient (Wildman–Crippen LogP) is 5.09. The molecule has 194 valence electrons. The van der Waals surface area contributed by atoms with Crippen LogP contribution in [0, 0.1) is 0 Å². The van der Waals surface area contributed by atoms with Crippen LogP contribution in [0.15, 0.2) is 85.1 Å². The second-order valence-corrected chi connectivity index (χ2v) is 10.5. The molecule has 0 fully saturated rings. The fourth-order valence-corrected chi connectivity index (χ4v) is 5.59. The van der Waals surface area contributed by atoms with E-state index < -0.39 is 11.0 Å². The minimum Gasteiger partial charge on any atom is -0.497 e. The van der Waals surface area contributed by atoms with Gasteiger partial charge < -0.3 is 15.4 Å². The number of nitrogens with one attached hydrogen (secondary N) is 2. The van der Waals surface area contributed by atoms with E-state index in [1.165, 1.54) is 5.56 Å². The summed E-state index contributed by atoms with van der Waals surface area (Å²) < 4.78 is 19.7. The molecule has 37 heavy (non-hydrogen) atoms. The third kappa shape index (κ3) is 7.08. The zero-order chi connectivity index (χ0) is 26.0. The van der Waals surface area contributed by atoms with Gasteiger partial charge in [0.25, 0.3) is 5.91 Å². The van der Waals surface area contributed by atoms with Gasteiger partial charge in [0.1, 0.15) is 16.7 Å². The largest absolute Gasteiger partial charge is 0.497 e. The Morgan fingerprint density at radius 2 is 1.78 bits per heavy atom. The van der Waals surface area contributed by atoms with E-state index >= 15 is 0 Å². The second kappa shape index (κ2) is 13.2. The van der Waals surface area contributed by atoms with Crippen LogP contribution in [-0.4, -0.2) is 39.5 Å². The van der Waals surface area contributed by atoms with Crippen molar-refractivity contribution in [3.63, 3.8) is 0 Å². The fraction of sp³-hybridized carbons (Fsp3) is 0.300. The molecule has 3 aromatic carbocycles. The molecule has 1 aromatic heterocycles. The summed E-state index contributed by atoms with van der Waals surface area (Å²) in [5, 5.41) is 7.58. The number of amides is 1. The van der Waals surface area contributed by atoms with Crippen molar-refractivity contribution in [1.82, 2.24) is 14.6 Å². The van der Waals surface area contributed by atoms with Gasteiger partial charge in [-0.2, -0.15) is 0 Å². The van der Waals surface area contributed by atoms with Crippen LogP contribution in [-0.2, 0) is 24.0 Å². The molecule has 4 aromatic rings. The summed E-state index contributed by atoms with van der Waals surface area (Å²) in [6, 6.07) is 25.7. The number of ether oxygens (including phenoxy) is 1. The smallest absolute Gasteiger partial charge is 0.252 e. The Hall–Kier alpha value is -3.42. The first-order chi connectivity index (χ1) is 18.1. The van der Waals surface area contributed by atoms with Gasteiger partial charge >= 0.3 is 0 Å². The predicted molar refractivity (Wildman–Crippen MR) is 151 cm³/mol. The van der Waals surface area contributed by atoms with Crippen molar-refractivity contribution in [3.05, 3.63) is 102 Å². The number of benzene rings is 3. The van der Waals surface area contributed by atoms with E-state index in [1.807, 2.05) is 73.8 Å². The maximum Gasteiger partial charge on any atom is 0.252 e. The van der Waals surface area contributed by atoms with E-state index in [1.54, 1.807) is 11.1 Å². The number of fused-ring (bicyclic) bond motifs is 1. The number of hydrogen-bond acceptors (Lipinski definition) is 4. The molecule has 1 heterocycles. The van der Waals surface area contributed by atoms with E-state index in [9.17, 15) is 9.00 Å². The molecule has 6 nitrogen and oxygen atoms in total. The van der Waals surface area contributed by atoms with Gasteiger partial charge in [-0.1, -0.05) is 55.5 Å². The lowest BCUT2D eigenvalue weighted by Gasteiger charge is -2.20. The average molecular weight is 518 g/mol. The lowest BCUT2D eigenvalue weighted by molar-refractivity contribution is 0.0936. The van der Waals surface area contributed by atoms with Crippen molar-refractivity contribution in [2.45, 2.75) is 38.8 Å². The van der Waals surface area contributed by atoms with Gasteiger partial charge in [0.2, 0.25) is 0 Å². The van der Waals surface area contributed by atoms with Gasteiger partial charge in [-0.25, -0.2) is 4.21 Å². The second-order valence-electron chi connectivity index (χ2n) is 9.08. The molecule has 4 rings (SSSR count). The number of aromatic nitrogens is 1. The number of methoxy groups -OCH3 is 1. The first kappa shape index (κ1) is 26.6. The summed E-state index contributed by atoms with van der Waals surface area (Å²) in [6.45, 7) is 3.50. The van der Waals surface area contributed by atoms with Crippen LogP contribution in [0.3, 0.4) is 0 Å². The molecule has 2 N–H and O–H groups in total. The number of carbonyl (C=O) groups is 1. The highest BCUT2D eigenvalue weighted by atomic mass is 32.2. The highest BCUT2D eigenvalue weighted by Crippen LogP contribution is 2.22. The number of hydrogen-bond donors (Lipinski definition) is 2. The van der Waals surface area contributed by atoms with Gasteiger partial charge in [-0.05, 0) is 67.3 Å².